The third-order valence-corrected chi connectivity index (χ3v) is 4.74. The summed E-state index contributed by atoms with van der Waals surface area (Å²) in [6.45, 7) is 12.2. The molecule has 1 amide bonds. The molecule has 9 heteroatoms. The molecule has 1 fully saturated rings. The lowest BCUT2D eigenvalue weighted by molar-refractivity contribution is -0.0318. The number of benzene rings is 1. The average Bonchev–Trinajstić information content (AvgIpc) is 2.74. The fraction of sp³-hybridized carbons (Fsp3) is 0.667. The molecule has 1 heterocycles. The molecular weight excluding hydrogens is 535 g/mol. The highest BCUT2D eigenvalue weighted by atomic mass is 127. The second kappa shape index (κ2) is 16.1. The summed E-state index contributed by atoms with van der Waals surface area (Å²) in [5, 5.41) is 9.40. The van der Waals surface area contributed by atoms with Gasteiger partial charge in [-0.3, -0.25) is 10.3 Å². The molecule has 0 radical (unpaired) electrons. The van der Waals surface area contributed by atoms with E-state index >= 15 is 0 Å². The van der Waals surface area contributed by atoms with Gasteiger partial charge in [-0.05, 0) is 71.1 Å². The molecule has 1 aromatic carbocycles. The molecule has 0 aromatic heterocycles. The number of anilines is 1. The van der Waals surface area contributed by atoms with Gasteiger partial charge in [-0.25, -0.2) is 4.79 Å². The van der Waals surface area contributed by atoms with Crippen LogP contribution in [0.15, 0.2) is 29.3 Å². The summed E-state index contributed by atoms with van der Waals surface area (Å²) in [7, 11) is 0. The number of aliphatic imine (C=N–C) groups is 1. The van der Waals surface area contributed by atoms with Crippen LogP contribution in [0.1, 0.15) is 52.5 Å². The molecule has 188 valence electrons. The predicted octanol–water partition coefficient (Wildman–Crippen LogP) is 4.33. The zero-order valence-electron chi connectivity index (χ0n) is 20.4. The number of amides is 1. The third kappa shape index (κ3) is 13.6. The van der Waals surface area contributed by atoms with Crippen molar-refractivity contribution in [2.45, 2.75) is 65.1 Å². The lowest BCUT2D eigenvalue weighted by Crippen LogP contribution is -2.38. The van der Waals surface area contributed by atoms with E-state index in [4.69, 9.17) is 14.2 Å². The summed E-state index contributed by atoms with van der Waals surface area (Å²) in [4.78, 5) is 16.5. The number of nitrogens with zero attached hydrogens (tertiary/aromatic N) is 1. The first-order valence-corrected chi connectivity index (χ1v) is 11.7. The molecule has 1 aliphatic rings. The molecule has 0 aliphatic carbocycles. The Hall–Kier alpha value is -1.59. The van der Waals surface area contributed by atoms with Crippen molar-refractivity contribution in [3.05, 3.63) is 29.8 Å². The van der Waals surface area contributed by atoms with E-state index in [1.165, 1.54) is 5.56 Å². The Morgan fingerprint density at radius 1 is 1.15 bits per heavy atom. The van der Waals surface area contributed by atoms with Gasteiger partial charge < -0.3 is 24.8 Å². The summed E-state index contributed by atoms with van der Waals surface area (Å²) in [6, 6.07) is 7.78. The maximum atomic E-state index is 11.9. The van der Waals surface area contributed by atoms with E-state index in [0.29, 0.717) is 11.8 Å². The van der Waals surface area contributed by atoms with Crippen LogP contribution >= 0.6 is 24.0 Å². The van der Waals surface area contributed by atoms with Crippen molar-refractivity contribution in [2.24, 2.45) is 4.99 Å². The minimum atomic E-state index is -0.515. The highest BCUT2D eigenvalue weighted by Crippen LogP contribution is 2.13. The zero-order chi connectivity index (χ0) is 23.2. The Morgan fingerprint density at radius 3 is 2.48 bits per heavy atom. The van der Waals surface area contributed by atoms with Crippen LogP contribution in [-0.4, -0.2) is 63.2 Å². The number of rotatable bonds is 10. The van der Waals surface area contributed by atoms with Crippen LogP contribution in [0.4, 0.5) is 10.5 Å². The summed E-state index contributed by atoms with van der Waals surface area (Å²) in [5.41, 5.74) is 1.38. The van der Waals surface area contributed by atoms with E-state index in [2.05, 4.69) is 27.9 Å². The van der Waals surface area contributed by atoms with Crippen molar-refractivity contribution < 1.29 is 19.0 Å². The molecule has 33 heavy (non-hydrogen) atoms. The Kier molecular flexibility index (Phi) is 14.4. The number of nitrogens with one attached hydrogen (secondary N) is 3. The smallest absolute Gasteiger partial charge is 0.412 e. The number of halogens is 1. The molecule has 1 aromatic rings. The molecule has 1 saturated heterocycles. The van der Waals surface area contributed by atoms with Gasteiger partial charge in [0.25, 0.3) is 0 Å². The topological polar surface area (TPSA) is 93.2 Å². The lowest BCUT2D eigenvalue weighted by atomic mass is 10.1. The third-order valence-electron chi connectivity index (χ3n) is 4.74. The van der Waals surface area contributed by atoms with Gasteiger partial charge in [0.05, 0.1) is 6.10 Å². The molecule has 1 aliphatic heterocycles. The number of hydrogen-bond donors (Lipinski definition) is 3. The van der Waals surface area contributed by atoms with Crippen molar-refractivity contribution in [2.75, 3.05) is 44.8 Å². The molecule has 8 nitrogen and oxygen atoms in total. The highest BCUT2D eigenvalue weighted by molar-refractivity contribution is 14.0. The Balaban J connectivity index is 0.00000544. The SMILES string of the molecule is CCNC(=NCCCOC1CCOCC1)NCCc1ccc(NC(=O)OC(C)(C)C)cc1.I. The highest BCUT2D eigenvalue weighted by Gasteiger charge is 2.16. The lowest BCUT2D eigenvalue weighted by Gasteiger charge is -2.22. The largest absolute Gasteiger partial charge is 0.444 e. The molecule has 0 atom stereocenters. The minimum Gasteiger partial charge on any atom is -0.444 e. The fourth-order valence-electron chi connectivity index (χ4n) is 3.19. The normalized spacial score (nSPS) is 14.8. The Labute approximate surface area is 215 Å². The first kappa shape index (κ1) is 29.4. The molecule has 0 spiro atoms. The van der Waals surface area contributed by atoms with E-state index in [0.717, 1.165) is 71.1 Å². The van der Waals surface area contributed by atoms with E-state index in [-0.39, 0.29) is 24.0 Å². The van der Waals surface area contributed by atoms with Crippen LogP contribution in [0.5, 0.6) is 0 Å². The molecule has 3 N–H and O–H groups in total. The van der Waals surface area contributed by atoms with Crippen LogP contribution in [-0.2, 0) is 20.6 Å². The number of hydrogen-bond acceptors (Lipinski definition) is 5. The summed E-state index contributed by atoms with van der Waals surface area (Å²) >= 11 is 0. The van der Waals surface area contributed by atoms with E-state index in [9.17, 15) is 4.79 Å². The van der Waals surface area contributed by atoms with Crippen molar-refractivity contribution >= 4 is 41.7 Å². The Morgan fingerprint density at radius 2 is 1.85 bits per heavy atom. The monoisotopic (exact) mass is 576 g/mol. The molecule has 2 rings (SSSR count). The minimum absolute atomic E-state index is 0. The van der Waals surface area contributed by atoms with Crippen LogP contribution in [0.25, 0.3) is 0 Å². The van der Waals surface area contributed by atoms with Crippen LogP contribution in [0.2, 0.25) is 0 Å². The van der Waals surface area contributed by atoms with Crippen molar-refractivity contribution in [1.82, 2.24) is 10.6 Å². The quantitative estimate of drug-likeness (QED) is 0.166. The summed E-state index contributed by atoms with van der Waals surface area (Å²) < 4.78 is 16.5. The fourth-order valence-corrected chi connectivity index (χ4v) is 3.19. The number of carbonyl (C=O) groups is 1. The maximum Gasteiger partial charge on any atom is 0.412 e. The van der Waals surface area contributed by atoms with Crippen molar-refractivity contribution in [1.29, 1.82) is 0 Å². The molecule has 0 unspecified atom stereocenters. The molecule has 0 bridgehead atoms. The van der Waals surface area contributed by atoms with Crippen LogP contribution in [0.3, 0.4) is 0 Å². The maximum absolute atomic E-state index is 11.9. The number of guanidine groups is 1. The van der Waals surface area contributed by atoms with Crippen molar-refractivity contribution in [3.63, 3.8) is 0 Å². The van der Waals surface area contributed by atoms with Gasteiger partial charge in [-0.15, -0.1) is 24.0 Å². The van der Waals surface area contributed by atoms with Gasteiger partial charge in [0.2, 0.25) is 0 Å². The average molecular weight is 577 g/mol. The standard InChI is InChI=1S/C24H40N4O4.HI/c1-5-25-22(26-14-6-16-31-21-12-17-30-18-13-21)27-15-11-19-7-9-20(10-8-19)28-23(29)32-24(2,3)4;/h7-10,21H,5-6,11-18H2,1-4H3,(H,28,29)(H2,25,26,27);1H. The van der Waals surface area contributed by atoms with Gasteiger partial charge in [0, 0.05) is 45.1 Å². The van der Waals surface area contributed by atoms with Gasteiger partial charge in [-0.1, -0.05) is 12.1 Å². The predicted molar refractivity (Wildman–Crippen MR) is 144 cm³/mol. The van der Waals surface area contributed by atoms with Gasteiger partial charge in [-0.2, -0.15) is 0 Å². The first-order chi connectivity index (χ1) is 15.4. The molecule has 0 saturated carbocycles. The van der Waals surface area contributed by atoms with Crippen LogP contribution in [0, 0.1) is 0 Å². The Bertz CT molecular complexity index is 701. The number of carbonyl (C=O) groups excluding carboxylic acids is 1. The second-order valence-corrected chi connectivity index (χ2v) is 8.80. The van der Waals surface area contributed by atoms with Gasteiger partial charge in [0.1, 0.15) is 5.60 Å². The van der Waals surface area contributed by atoms with Gasteiger partial charge >= 0.3 is 6.09 Å². The van der Waals surface area contributed by atoms with Crippen molar-refractivity contribution in [3.8, 4) is 0 Å². The van der Waals surface area contributed by atoms with Gasteiger partial charge in [0.15, 0.2) is 5.96 Å². The van der Waals surface area contributed by atoms with Crippen LogP contribution < -0.4 is 16.0 Å². The first-order valence-electron chi connectivity index (χ1n) is 11.7. The zero-order valence-corrected chi connectivity index (χ0v) is 22.8. The number of ether oxygens (including phenoxy) is 3. The summed E-state index contributed by atoms with van der Waals surface area (Å²) in [6.07, 6.45) is 3.63. The van der Waals surface area contributed by atoms with E-state index in [1.54, 1.807) is 0 Å². The van der Waals surface area contributed by atoms with E-state index < -0.39 is 11.7 Å². The molecular formula is C24H41IN4O4. The second-order valence-electron chi connectivity index (χ2n) is 8.80. The van der Waals surface area contributed by atoms with E-state index in [1.807, 2.05) is 45.0 Å². The summed E-state index contributed by atoms with van der Waals surface area (Å²) in [5.74, 6) is 0.821.